The van der Waals surface area contributed by atoms with E-state index in [4.69, 9.17) is 0 Å². The largest absolute Gasteiger partial charge is 0.353 e. The molecule has 1 atom stereocenters. The van der Waals surface area contributed by atoms with Crippen LogP contribution in [0, 0.1) is 11.8 Å². The molecule has 1 aromatic carbocycles. The van der Waals surface area contributed by atoms with E-state index in [0.29, 0.717) is 13.0 Å². The normalized spacial score (nSPS) is 17.3. The summed E-state index contributed by atoms with van der Waals surface area (Å²) >= 11 is 0. The zero-order valence-corrected chi connectivity index (χ0v) is 16.7. The van der Waals surface area contributed by atoms with Crippen molar-refractivity contribution in [3.8, 4) is 0 Å². The Morgan fingerprint density at radius 1 is 1.04 bits per heavy atom. The summed E-state index contributed by atoms with van der Waals surface area (Å²) in [6.45, 7) is 8.60. The Balaban J connectivity index is 2.02. The Morgan fingerprint density at radius 3 is 2.19 bits per heavy atom. The molecule has 4 heteroatoms. The highest BCUT2D eigenvalue weighted by molar-refractivity contribution is 5.87. The SMILES string of the molecule is CC(C)CC(=O)NC(C(=O)NCC1(c2ccccc2)CCCC1)C(C)C. The molecular weight excluding hydrogens is 324 g/mol. The van der Waals surface area contributed by atoms with Gasteiger partial charge in [0.05, 0.1) is 0 Å². The quantitative estimate of drug-likeness (QED) is 0.742. The first kappa shape index (κ1) is 20.5. The number of nitrogens with one attached hydrogen (secondary N) is 2. The Kier molecular flexibility index (Phi) is 7.24. The molecule has 0 bridgehead atoms. The highest BCUT2D eigenvalue weighted by Crippen LogP contribution is 2.40. The van der Waals surface area contributed by atoms with Gasteiger partial charge in [0.2, 0.25) is 11.8 Å². The van der Waals surface area contributed by atoms with Gasteiger partial charge in [-0.1, -0.05) is 70.9 Å². The van der Waals surface area contributed by atoms with Crippen LogP contribution >= 0.6 is 0 Å². The van der Waals surface area contributed by atoms with Crippen molar-refractivity contribution in [2.45, 2.75) is 71.3 Å². The Hall–Kier alpha value is -1.84. The van der Waals surface area contributed by atoms with Gasteiger partial charge in [0.1, 0.15) is 6.04 Å². The molecular formula is C22H34N2O2. The summed E-state index contributed by atoms with van der Waals surface area (Å²) in [5, 5.41) is 6.07. The van der Waals surface area contributed by atoms with E-state index in [1.165, 1.54) is 18.4 Å². The van der Waals surface area contributed by atoms with Crippen molar-refractivity contribution < 1.29 is 9.59 Å². The molecule has 144 valence electrons. The molecule has 0 aliphatic heterocycles. The summed E-state index contributed by atoms with van der Waals surface area (Å²) in [5.41, 5.74) is 1.34. The van der Waals surface area contributed by atoms with Gasteiger partial charge in [0.15, 0.2) is 0 Å². The van der Waals surface area contributed by atoms with Crippen LogP contribution in [0.25, 0.3) is 0 Å². The number of carbonyl (C=O) groups is 2. The minimum absolute atomic E-state index is 0.0282. The predicted molar refractivity (Wildman–Crippen MR) is 106 cm³/mol. The second-order valence-electron chi connectivity index (χ2n) is 8.46. The van der Waals surface area contributed by atoms with Gasteiger partial charge in [-0.3, -0.25) is 9.59 Å². The molecule has 0 radical (unpaired) electrons. The van der Waals surface area contributed by atoms with E-state index >= 15 is 0 Å². The zero-order valence-electron chi connectivity index (χ0n) is 16.7. The van der Waals surface area contributed by atoms with Crippen molar-refractivity contribution in [1.29, 1.82) is 0 Å². The topological polar surface area (TPSA) is 58.2 Å². The summed E-state index contributed by atoms with van der Waals surface area (Å²) in [7, 11) is 0. The maximum Gasteiger partial charge on any atom is 0.242 e. The van der Waals surface area contributed by atoms with E-state index in [1.807, 2.05) is 33.8 Å². The molecule has 1 aromatic rings. The molecule has 0 saturated heterocycles. The lowest BCUT2D eigenvalue weighted by Gasteiger charge is -2.31. The number of amides is 2. The predicted octanol–water partition coefficient (Wildman–Crippen LogP) is 3.80. The molecule has 2 N–H and O–H groups in total. The molecule has 4 nitrogen and oxygen atoms in total. The molecule has 1 unspecified atom stereocenters. The van der Waals surface area contributed by atoms with Crippen molar-refractivity contribution in [2.24, 2.45) is 11.8 Å². The third kappa shape index (κ3) is 5.33. The molecule has 0 aromatic heterocycles. The van der Waals surface area contributed by atoms with Crippen LogP contribution in [0.4, 0.5) is 0 Å². The highest BCUT2D eigenvalue weighted by Gasteiger charge is 2.36. The maximum absolute atomic E-state index is 12.8. The standard InChI is InChI=1S/C22H34N2O2/c1-16(2)14-19(25)24-20(17(3)4)21(26)23-15-22(12-8-9-13-22)18-10-6-5-7-11-18/h5-7,10-11,16-17,20H,8-9,12-15H2,1-4H3,(H,23,26)(H,24,25). The molecule has 0 spiro atoms. The number of hydrogen-bond donors (Lipinski definition) is 2. The molecule has 1 aliphatic carbocycles. The van der Waals surface area contributed by atoms with Crippen LogP contribution in [0.1, 0.15) is 65.4 Å². The van der Waals surface area contributed by atoms with Crippen LogP contribution < -0.4 is 10.6 Å². The Bertz CT molecular complexity index is 589. The molecule has 0 heterocycles. The van der Waals surface area contributed by atoms with Crippen LogP contribution in [0.15, 0.2) is 30.3 Å². The van der Waals surface area contributed by atoms with Gasteiger partial charge in [-0.25, -0.2) is 0 Å². The number of rotatable bonds is 8. The summed E-state index contributed by atoms with van der Waals surface area (Å²) in [5.74, 6) is 0.222. The molecule has 26 heavy (non-hydrogen) atoms. The van der Waals surface area contributed by atoms with Crippen molar-refractivity contribution in [2.75, 3.05) is 6.54 Å². The lowest BCUT2D eigenvalue weighted by molar-refractivity contribution is -0.130. The molecule has 1 saturated carbocycles. The molecule has 1 fully saturated rings. The average molecular weight is 359 g/mol. The minimum Gasteiger partial charge on any atom is -0.353 e. The third-order valence-corrected chi connectivity index (χ3v) is 5.41. The summed E-state index contributed by atoms with van der Waals surface area (Å²) in [6.07, 6.45) is 5.05. The van der Waals surface area contributed by atoms with Crippen molar-refractivity contribution >= 4 is 11.8 Å². The van der Waals surface area contributed by atoms with Crippen molar-refractivity contribution in [1.82, 2.24) is 10.6 Å². The lowest BCUT2D eigenvalue weighted by atomic mass is 9.78. The first-order chi connectivity index (χ1) is 12.3. The van der Waals surface area contributed by atoms with Crippen LogP contribution in [0.5, 0.6) is 0 Å². The fourth-order valence-electron chi connectivity index (χ4n) is 3.92. The van der Waals surface area contributed by atoms with Crippen LogP contribution in [-0.2, 0) is 15.0 Å². The van der Waals surface area contributed by atoms with Gasteiger partial charge < -0.3 is 10.6 Å². The van der Waals surface area contributed by atoms with E-state index in [-0.39, 0.29) is 29.1 Å². The Morgan fingerprint density at radius 2 is 1.65 bits per heavy atom. The van der Waals surface area contributed by atoms with Crippen LogP contribution in [-0.4, -0.2) is 24.4 Å². The van der Waals surface area contributed by atoms with Gasteiger partial charge >= 0.3 is 0 Å². The highest BCUT2D eigenvalue weighted by atomic mass is 16.2. The average Bonchev–Trinajstić information content (AvgIpc) is 3.08. The van der Waals surface area contributed by atoms with E-state index in [2.05, 4.69) is 34.9 Å². The van der Waals surface area contributed by atoms with Crippen LogP contribution in [0.2, 0.25) is 0 Å². The second kappa shape index (κ2) is 9.20. The molecule has 2 amide bonds. The van der Waals surface area contributed by atoms with Gasteiger partial charge in [-0.2, -0.15) is 0 Å². The Labute approximate surface area is 158 Å². The van der Waals surface area contributed by atoms with Gasteiger partial charge in [0, 0.05) is 18.4 Å². The van der Waals surface area contributed by atoms with Gasteiger partial charge in [-0.05, 0) is 30.2 Å². The number of carbonyl (C=O) groups excluding carboxylic acids is 2. The maximum atomic E-state index is 12.8. The zero-order chi connectivity index (χ0) is 19.2. The minimum atomic E-state index is -0.476. The first-order valence-corrected chi connectivity index (χ1v) is 9.97. The fraction of sp³-hybridized carbons (Fsp3) is 0.636. The van der Waals surface area contributed by atoms with Gasteiger partial charge in [-0.15, -0.1) is 0 Å². The van der Waals surface area contributed by atoms with E-state index in [0.717, 1.165) is 12.8 Å². The van der Waals surface area contributed by atoms with Crippen molar-refractivity contribution in [3.05, 3.63) is 35.9 Å². The summed E-state index contributed by atoms with van der Waals surface area (Å²) in [6, 6.07) is 10.0. The van der Waals surface area contributed by atoms with Crippen LogP contribution in [0.3, 0.4) is 0 Å². The van der Waals surface area contributed by atoms with E-state index < -0.39 is 6.04 Å². The molecule has 1 aliphatic rings. The summed E-state index contributed by atoms with van der Waals surface area (Å²) < 4.78 is 0. The third-order valence-electron chi connectivity index (χ3n) is 5.41. The second-order valence-corrected chi connectivity index (χ2v) is 8.46. The molecule has 2 rings (SSSR count). The van der Waals surface area contributed by atoms with E-state index in [9.17, 15) is 9.59 Å². The smallest absolute Gasteiger partial charge is 0.242 e. The van der Waals surface area contributed by atoms with Gasteiger partial charge in [0.25, 0.3) is 0 Å². The number of hydrogen-bond acceptors (Lipinski definition) is 2. The van der Waals surface area contributed by atoms with Crippen molar-refractivity contribution in [3.63, 3.8) is 0 Å². The number of benzene rings is 1. The summed E-state index contributed by atoms with van der Waals surface area (Å²) in [4.78, 5) is 24.9. The lowest BCUT2D eigenvalue weighted by Crippen LogP contribution is -2.52. The first-order valence-electron chi connectivity index (χ1n) is 9.97. The monoisotopic (exact) mass is 358 g/mol. The fourth-order valence-corrected chi connectivity index (χ4v) is 3.92. The van der Waals surface area contributed by atoms with E-state index in [1.54, 1.807) is 0 Å².